The van der Waals surface area contributed by atoms with Gasteiger partial charge in [-0.25, -0.2) is 0 Å². The van der Waals surface area contributed by atoms with Crippen LogP contribution in [0.3, 0.4) is 0 Å². The molecular formula is C20H28N2O. The summed E-state index contributed by atoms with van der Waals surface area (Å²) < 4.78 is 2.25. The molecule has 0 aliphatic rings. The van der Waals surface area contributed by atoms with E-state index in [1.807, 2.05) is 11.8 Å². The third kappa shape index (κ3) is 4.98. The van der Waals surface area contributed by atoms with E-state index in [1.165, 1.54) is 16.8 Å². The van der Waals surface area contributed by atoms with Crippen LogP contribution in [0, 0.1) is 6.92 Å². The topological polar surface area (TPSA) is 25.2 Å². The van der Waals surface area contributed by atoms with Crippen molar-refractivity contribution >= 4 is 5.91 Å². The predicted octanol–water partition coefficient (Wildman–Crippen LogP) is 4.38. The largest absolute Gasteiger partial charge is 0.345 e. The summed E-state index contributed by atoms with van der Waals surface area (Å²) in [4.78, 5) is 14.2. The first-order valence-electron chi connectivity index (χ1n) is 8.61. The van der Waals surface area contributed by atoms with Crippen LogP contribution in [0.25, 0.3) is 0 Å². The molecule has 1 amide bonds. The van der Waals surface area contributed by atoms with Crippen molar-refractivity contribution in [2.75, 3.05) is 6.54 Å². The Morgan fingerprint density at radius 2 is 2.00 bits per heavy atom. The molecule has 0 saturated heterocycles. The van der Waals surface area contributed by atoms with E-state index in [1.54, 1.807) is 0 Å². The molecule has 0 bridgehead atoms. The number of nitrogens with zero attached hydrogens (tertiary/aromatic N) is 2. The molecule has 0 saturated carbocycles. The van der Waals surface area contributed by atoms with Gasteiger partial charge in [-0.15, -0.1) is 0 Å². The molecule has 23 heavy (non-hydrogen) atoms. The van der Waals surface area contributed by atoms with E-state index in [9.17, 15) is 4.79 Å². The van der Waals surface area contributed by atoms with Gasteiger partial charge in [0, 0.05) is 31.4 Å². The molecule has 0 fully saturated rings. The van der Waals surface area contributed by atoms with Gasteiger partial charge < -0.3 is 9.47 Å². The molecule has 2 rings (SSSR count). The SMILES string of the molecule is CCCCN(Cc1cccn1Cc1cccc(C)c1)C(=O)CC. The summed E-state index contributed by atoms with van der Waals surface area (Å²) in [5, 5.41) is 0. The average Bonchev–Trinajstić information content (AvgIpc) is 2.97. The Morgan fingerprint density at radius 1 is 1.17 bits per heavy atom. The van der Waals surface area contributed by atoms with Crippen LogP contribution >= 0.6 is 0 Å². The summed E-state index contributed by atoms with van der Waals surface area (Å²) >= 11 is 0. The minimum atomic E-state index is 0.238. The number of hydrogen-bond acceptors (Lipinski definition) is 1. The number of benzene rings is 1. The average molecular weight is 312 g/mol. The zero-order valence-electron chi connectivity index (χ0n) is 14.6. The van der Waals surface area contributed by atoms with Gasteiger partial charge >= 0.3 is 0 Å². The van der Waals surface area contributed by atoms with Crippen LogP contribution in [0.4, 0.5) is 0 Å². The Labute approximate surface area is 139 Å². The molecule has 0 aliphatic heterocycles. The first kappa shape index (κ1) is 17.3. The maximum absolute atomic E-state index is 12.2. The Kier molecular flexibility index (Phi) is 6.45. The van der Waals surface area contributed by atoms with Crippen molar-refractivity contribution in [1.82, 2.24) is 9.47 Å². The van der Waals surface area contributed by atoms with Crippen molar-refractivity contribution < 1.29 is 4.79 Å². The second-order valence-corrected chi connectivity index (χ2v) is 6.14. The van der Waals surface area contributed by atoms with Crippen molar-refractivity contribution in [2.45, 2.75) is 53.1 Å². The fourth-order valence-corrected chi connectivity index (χ4v) is 2.81. The maximum atomic E-state index is 12.2. The minimum absolute atomic E-state index is 0.238. The van der Waals surface area contributed by atoms with Crippen LogP contribution in [0.5, 0.6) is 0 Å². The van der Waals surface area contributed by atoms with E-state index in [2.05, 4.69) is 61.0 Å². The lowest BCUT2D eigenvalue weighted by Gasteiger charge is -2.23. The normalized spacial score (nSPS) is 10.7. The Balaban J connectivity index is 2.11. The van der Waals surface area contributed by atoms with Crippen molar-refractivity contribution in [3.8, 4) is 0 Å². The van der Waals surface area contributed by atoms with Crippen molar-refractivity contribution in [1.29, 1.82) is 0 Å². The molecule has 0 atom stereocenters. The molecule has 0 unspecified atom stereocenters. The van der Waals surface area contributed by atoms with Crippen molar-refractivity contribution in [3.63, 3.8) is 0 Å². The number of aryl methyl sites for hydroxylation is 1. The Morgan fingerprint density at radius 3 is 2.70 bits per heavy atom. The van der Waals surface area contributed by atoms with Crippen molar-refractivity contribution in [3.05, 3.63) is 59.4 Å². The van der Waals surface area contributed by atoms with Gasteiger partial charge in [0.05, 0.1) is 6.54 Å². The van der Waals surface area contributed by atoms with Crippen LogP contribution in [-0.2, 0) is 17.9 Å². The summed E-state index contributed by atoms with van der Waals surface area (Å²) in [7, 11) is 0. The maximum Gasteiger partial charge on any atom is 0.222 e. The highest BCUT2D eigenvalue weighted by Crippen LogP contribution is 2.13. The molecule has 1 heterocycles. The lowest BCUT2D eigenvalue weighted by atomic mass is 10.1. The Hall–Kier alpha value is -2.03. The highest BCUT2D eigenvalue weighted by molar-refractivity contribution is 5.75. The van der Waals surface area contributed by atoms with Crippen LogP contribution in [0.15, 0.2) is 42.6 Å². The highest BCUT2D eigenvalue weighted by atomic mass is 16.2. The van der Waals surface area contributed by atoms with Gasteiger partial charge in [-0.1, -0.05) is 50.1 Å². The first-order chi connectivity index (χ1) is 11.1. The molecule has 1 aromatic heterocycles. The number of hydrogen-bond donors (Lipinski definition) is 0. The van der Waals surface area contributed by atoms with Gasteiger partial charge in [0.1, 0.15) is 0 Å². The standard InChI is InChI=1S/C20H28N2O/c1-4-6-12-22(20(23)5-2)16-19-11-8-13-21(19)15-18-10-7-9-17(3)14-18/h7-11,13-14H,4-6,12,15-16H2,1-3H3. The molecule has 1 aromatic carbocycles. The lowest BCUT2D eigenvalue weighted by Crippen LogP contribution is -2.31. The van der Waals surface area contributed by atoms with Gasteiger partial charge in [0.15, 0.2) is 0 Å². The van der Waals surface area contributed by atoms with Gasteiger partial charge in [-0.05, 0) is 31.0 Å². The van der Waals surface area contributed by atoms with Gasteiger partial charge in [-0.3, -0.25) is 4.79 Å². The number of carbonyl (C=O) groups excluding carboxylic acids is 1. The van der Waals surface area contributed by atoms with E-state index in [0.717, 1.165) is 25.9 Å². The van der Waals surface area contributed by atoms with Gasteiger partial charge in [0.2, 0.25) is 5.91 Å². The van der Waals surface area contributed by atoms with Crippen LogP contribution < -0.4 is 0 Å². The summed E-state index contributed by atoms with van der Waals surface area (Å²) in [6.07, 6.45) is 4.84. The van der Waals surface area contributed by atoms with Crippen molar-refractivity contribution in [2.24, 2.45) is 0 Å². The fraction of sp³-hybridized carbons (Fsp3) is 0.450. The summed E-state index contributed by atoms with van der Waals surface area (Å²) in [6, 6.07) is 12.8. The van der Waals surface area contributed by atoms with Crippen LogP contribution in [0.2, 0.25) is 0 Å². The molecule has 0 radical (unpaired) electrons. The van der Waals surface area contributed by atoms with Crippen LogP contribution in [0.1, 0.15) is 49.9 Å². The van der Waals surface area contributed by atoms with E-state index >= 15 is 0 Å². The summed E-state index contributed by atoms with van der Waals surface area (Å²) in [6.45, 7) is 8.62. The second kappa shape index (κ2) is 8.56. The van der Waals surface area contributed by atoms with E-state index < -0.39 is 0 Å². The fourth-order valence-electron chi connectivity index (χ4n) is 2.81. The molecule has 0 N–H and O–H groups in total. The molecule has 3 nitrogen and oxygen atoms in total. The zero-order chi connectivity index (χ0) is 16.7. The third-order valence-corrected chi connectivity index (χ3v) is 4.15. The second-order valence-electron chi connectivity index (χ2n) is 6.14. The van der Waals surface area contributed by atoms with Gasteiger partial charge in [0.25, 0.3) is 0 Å². The number of aromatic nitrogens is 1. The first-order valence-corrected chi connectivity index (χ1v) is 8.61. The third-order valence-electron chi connectivity index (χ3n) is 4.15. The quantitative estimate of drug-likeness (QED) is 0.710. The zero-order valence-corrected chi connectivity index (χ0v) is 14.6. The molecule has 0 spiro atoms. The molecule has 0 aliphatic carbocycles. The highest BCUT2D eigenvalue weighted by Gasteiger charge is 2.13. The number of amides is 1. The summed E-state index contributed by atoms with van der Waals surface area (Å²) in [5.74, 6) is 0.238. The smallest absolute Gasteiger partial charge is 0.222 e. The molecule has 2 aromatic rings. The number of carbonyl (C=O) groups is 1. The van der Waals surface area contributed by atoms with Crippen LogP contribution in [-0.4, -0.2) is 21.9 Å². The van der Waals surface area contributed by atoms with E-state index in [-0.39, 0.29) is 5.91 Å². The van der Waals surface area contributed by atoms with E-state index in [4.69, 9.17) is 0 Å². The van der Waals surface area contributed by atoms with E-state index in [0.29, 0.717) is 13.0 Å². The number of rotatable bonds is 8. The molecule has 124 valence electrons. The number of unbranched alkanes of at least 4 members (excludes halogenated alkanes) is 1. The van der Waals surface area contributed by atoms with Gasteiger partial charge in [-0.2, -0.15) is 0 Å². The lowest BCUT2D eigenvalue weighted by molar-refractivity contribution is -0.131. The molecular weight excluding hydrogens is 284 g/mol. The predicted molar refractivity (Wildman–Crippen MR) is 95.3 cm³/mol. The Bertz CT molecular complexity index is 630. The summed E-state index contributed by atoms with van der Waals surface area (Å²) in [5.41, 5.74) is 3.77. The minimum Gasteiger partial charge on any atom is -0.345 e. The molecule has 3 heteroatoms. The monoisotopic (exact) mass is 312 g/mol.